The van der Waals surface area contributed by atoms with Gasteiger partial charge in [-0.05, 0) is 24.6 Å². The molecule has 1 aliphatic heterocycles. The van der Waals surface area contributed by atoms with Crippen LogP contribution in [0.2, 0.25) is 0 Å². The quantitative estimate of drug-likeness (QED) is 0.502. The standard InChI is InChI=1S/C18H24F3N3O4S/c1-2-3-9-22-17(25)13-28-23-15-7-10-24(11-8-15)29(26,27)16-6-4-5-14(12-16)18(19,20)21/h4-6,12H,2-3,7-11,13H2,1H3,(H,22,25). The Labute approximate surface area is 167 Å². The molecule has 1 heterocycles. The number of benzene rings is 1. The van der Waals surface area contributed by atoms with Crippen molar-refractivity contribution < 1.29 is 31.2 Å². The molecule has 1 N–H and O–H groups in total. The van der Waals surface area contributed by atoms with Gasteiger partial charge in [0.25, 0.3) is 5.91 Å². The van der Waals surface area contributed by atoms with Crippen LogP contribution >= 0.6 is 0 Å². The van der Waals surface area contributed by atoms with Crippen molar-refractivity contribution in [1.29, 1.82) is 0 Å². The van der Waals surface area contributed by atoms with Gasteiger partial charge in [0.05, 0.1) is 16.2 Å². The van der Waals surface area contributed by atoms with Crippen LogP contribution in [0, 0.1) is 0 Å². The molecule has 0 radical (unpaired) electrons. The molecule has 0 bridgehead atoms. The van der Waals surface area contributed by atoms with Crippen LogP contribution in [-0.4, -0.2) is 50.6 Å². The Morgan fingerprint density at radius 2 is 1.97 bits per heavy atom. The van der Waals surface area contributed by atoms with E-state index >= 15 is 0 Å². The lowest BCUT2D eigenvalue weighted by Gasteiger charge is -2.26. The minimum absolute atomic E-state index is 0.0729. The highest BCUT2D eigenvalue weighted by atomic mass is 32.2. The van der Waals surface area contributed by atoms with E-state index in [1.807, 2.05) is 6.92 Å². The number of hydrogen-bond donors (Lipinski definition) is 1. The van der Waals surface area contributed by atoms with Crippen LogP contribution in [0.4, 0.5) is 13.2 Å². The number of halogens is 3. The third-order valence-corrected chi connectivity index (χ3v) is 6.24. The Kier molecular flexibility index (Phi) is 8.03. The van der Waals surface area contributed by atoms with E-state index < -0.39 is 26.7 Å². The van der Waals surface area contributed by atoms with Gasteiger partial charge in [-0.2, -0.15) is 17.5 Å². The molecule has 1 saturated heterocycles. The highest BCUT2D eigenvalue weighted by molar-refractivity contribution is 7.89. The zero-order valence-corrected chi connectivity index (χ0v) is 16.9. The Hall–Kier alpha value is -2.14. The van der Waals surface area contributed by atoms with E-state index in [9.17, 15) is 26.4 Å². The number of alkyl halides is 3. The minimum atomic E-state index is -4.62. The summed E-state index contributed by atoms with van der Waals surface area (Å²) in [5, 5.41) is 6.55. The second-order valence-electron chi connectivity index (χ2n) is 6.56. The van der Waals surface area contributed by atoms with Crippen LogP contribution in [0.15, 0.2) is 34.3 Å². The van der Waals surface area contributed by atoms with Gasteiger partial charge in [-0.1, -0.05) is 24.6 Å². The molecule has 0 spiro atoms. The smallest absolute Gasteiger partial charge is 0.386 e. The first-order chi connectivity index (χ1) is 13.6. The molecule has 1 aromatic carbocycles. The van der Waals surface area contributed by atoms with Crippen LogP contribution in [-0.2, 0) is 25.8 Å². The predicted octanol–water partition coefficient (Wildman–Crippen LogP) is 2.78. The number of nitrogens with zero attached hydrogens (tertiary/aromatic N) is 2. The van der Waals surface area contributed by atoms with E-state index in [1.165, 1.54) is 0 Å². The first-order valence-corrected chi connectivity index (χ1v) is 10.7. The number of unbranched alkanes of at least 4 members (excludes halogenated alkanes) is 1. The summed E-state index contributed by atoms with van der Waals surface area (Å²) in [6.45, 7) is 2.50. The van der Waals surface area contributed by atoms with Crippen LogP contribution in [0.1, 0.15) is 38.2 Å². The zero-order valence-electron chi connectivity index (χ0n) is 16.0. The van der Waals surface area contributed by atoms with Crippen molar-refractivity contribution in [2.45, 2.75) is 43.7 Å². The molecular weight excluding hydrogens is 411 g/mol. The fraction of sp³-hybridized carbons (Fsp3) is 0.556. The Bertz CT molecular complexity index is 831. The molecule has 7 nitrogen and oxygen atoms in total. The summed E-state index contributed by atoms with van der Waals surface area (Å²) in [7, 11) is -4.04. The number of carbonyl (C=O) groups excluding carboxylic acids is 1. The van der Waals surface area contributed by atoms with Crippen molar-refractivity contribution in [1.82, 2.24) is 9.62 Å². The Balaban J connectivity index is 1.90. The molecule has 1 aliphatic rings. The summed E-state index contributed by atoms with van der Waals surface area (Å²) in [5.41, 5.74) is -0.412. The van der Waals surface area contributed by atoms with Crippen LogP contribution in [0.3, 0.4) is 0 Å². The first kappa shape index (κ1) is 23.1. The van der Waals surface area contributed by atoms with Gasteiger partial charge in [-0.3, -0.25) is 4.79 Å². The molecule has 162 valence electrons. The lowest BCUT2D eigenvalue weighted by atomic mass is 10.1. The van der Waals surface area contributed by atoms with Gasteiger partial charge in [0.15, 0.2) is 6.61 Å². The van der Waals surface area contributed by atoms with Gasteiger partial charge < -0.3 is 10.2 Å². The fourth-order valence-electron chi connectivity index (χ4n) is 2.70. The summed E-state index contributed by atoms with van der Waals surface area (Å²) >= 11 is 0. The SMILES string of the molecule is CCCCNC(=O)CON=C1CCN(S(=O)(=O)c2cccc(C(F)(F)F)c2)CC1. The number of nitrogens with one attached hydrogen (secondary N) is 1. The minimum Gasteiger partial charge on any atom is -0.386 e. The number of rotatable bonds is 8. The summed E-state index contributed by atoms with van der Waals surface area (Å²) in [4.78, 5) is 16.1. The van der Waals surface area contributed by atoms with E-state index in [-0.39, 0.29) is 38.4 Å². The van der Waals surface area contributed by atoms with Crippen molar-refractivity contribution in [2.75, 3.05) is 26.2 Å². The Morgan fingerprint density at radius 1 is 1.28 bits per heavy atom. The van der Waals surface area contributed by atoms with Crippen molar-refractivity contribution in [3.63, 3.8) is 0 Å². The highest BCUT2D eigenvalue weighted by Crippen LogP contribution is 2.31. The summed E-state index contributed by atoms with van der Waals surface area (Å²) in [5.74, 6) is -0.285. The third kappa shape index (κ3) is 6.70. The number of piperidine rings is 1. The normalized spacial score (nSPS) is 15.8. The molecule has 1 fully saturated rings. The number of carbonyl (C=O) groups is 1. The largest absolute Gasteiger partial charge is 0.416 e. The molecule has 2 rings (SSSR count). The lowest BCUT2D eigenvalue weighted by molar-refractivity contribution is -0.137. The molecule has 29 heavy (non-hydrogen) atoms. The predicted molar refractivity (Wildman–Crippen MR) is 101 cm³/mol. The summed E-state index contributed by atoms with van der Waals surface area (Å²) in [6.07, 6.45) is -2.24. The summed E-state index contributed by atoms with van der Waals surface area (Å²) in [6, 6.07) is 3.69. The number of oxime groups is 1. The second kappa shape index (κ2) is 10.1. The maximum absolute atomic E-state index is 12.8. The third-order valence-electron chi connectivity index (χ3n) is 4.34. The number of amides is 1. The van der Waals surface area contributed by atoms with E-state index in [2.05, 4.69) is 10.5 Å². The average Bonchev–Trinajstić information content (AvgIpc) is 2.68. The maximum Gasteiger partial charge on any atom is 0.416 e. The van der Waals surface area contributed by atoms with Gasteiger partial charge in [0, 0.05) is 32.5 Å². The van der Waals surface area contributed by atoms with Gasteiger partial charge in [0.1, 0.15) is 0 Å². The first-order valence-electron chi connectivity index (χ1n) is 9.26. The number of sulfonamides is 1. The van der Waals surface area contributed by atoms with Crippen LogP contribution in [0.25, 0.3) is 0 Å². The molecule has 11 heteroatoms. The zero-order chi connectivity index (χ0) is 21.5. The van der Waals surface area contributed by atoms with Crippen molar-refractivity contribution >= 4 is 21.6 Å². The van der Waals surface area contributed by atoms with Gasteiger partial charge in [-0.25, -0.2) is 8.42 Å². The van der Waals surface area contributed by atoms with E-state index in [4.69, 9.17) is 4.84 Å². The van der Waals surface area contributed by atoms with Gasteiger partial charge in [-0.15, -0.1) is 0 Å². The molecular formula is C18H24F3N3O4S. The van der Waals surface area contributed by atoms with E-state index in [0.29, 0.717) is 18.3 Å². The van der Waals surface area contributed by atoms with Crippen LogP contribution in [0.5, 0.6) is 0 Å². The molecule has 0 atom stereocenters. The topological polar surface area (TPSA) is 88.1 Å². The maximum atomic E-state index is 12.8. The fourth-order valence-corrected chi connectivity index (χ4v) is 4.18. The van der Waals surface area contributed by atoms with Crippen molar-refractivity contribution in [3.8, 4) is 0 Å². The second-order valence-corrected chi connectivity index (χ2v) is 8.50. The molecule has 1 amide bonds. The highest BCUT2D eigenvalue weighted by Gasteiger charge is 2.33. The monoisotopic (exact) mass is 435 g/mol. The lowest BCUT2D eigenvalue weighted by Crippen LogP contribution is -2.38. The molecule has 0 aliphatic carbocycles. The Morgan fingerprint density at radius 3 is 2.59 bits per heavy atom. The van der Waals surface area contributed by atoms with Crippen molar-refractivity contribution in [3.05, 3.63) is 29.8 Å². The molecule has 0 saturated carbocycles. The van der Waals surface area contributed by atoms with Gasteiger partial charge in [0.2, 0.25) is 10.0 Å². The molecule has 0 aromatic heterocycles. The number of hydrogen-bond acceptors (Lipinski definition) is 5. The average molecular weight is 435 g/mol. The molecule has 1 aromatic rings. The van der Waals surface area contributed by atoms with Crippen LogP contribution < -0.4 is 5.32 Å². The van der Waals surface area contributed by atoms with Crippen molar-refractivity contribution in [2.24, 2.45) is 5.16 Å². The van der Waals surface area contributed by atoms with Gasteiger partial charge >= 0.3 is 6.18 Å². The molecule has 0 unspecified atom stereocenters. The van der Waals surface area contributed by atoms with E-state index in [1.54, 1.807) is 0 Å². The summed E-state index contributed by atoms with van der Waals surface area (Å²) < 4.78 is 64.9. The van der Waals surface area contributed by atoms with E-state index in [0.717, 1.165) is 35.3 Å².